The van der Waals surface area contributed by atoms with Crippen LogP contribution < -0.4 is 5.73 Å². The van der Waals surface area contributed by atoms with E-state index in [4.69, 9.17) is 5.73 Å². The number of nitrogen functional groups attached to an aromatic ring is 1. The summed E-state index contributed by atoms with van der Waals surface area (Å²) in [5.41, 5.74) is 6.12. The number of anilines is 1. The minimum atomic E-state index is -3.36. The Hall–Kier alpha value is -2.02. The normalized spacial score (nSPS) is 11.4. The van der Waals surface area contributed by atoms with Gasteiger partial charge in [-0.3, -0.25) is 0 Å². The van der Waals surface area contributed by atoms with Crippen LogP contribution in [-0.4, -0.2) is 29.1 Å². The maximum Gasteiger partial charge on any atom is 0.181 e. The summed E-state index contributed by atoms with van der Waals surface area (Å²) in [6, 6.07) is 4.67. The molecule has 2 heterocycles. The Morgan fingerprint density at radius 3 is 2.44 bits per heavy atom. The van der Waals surface area contributed by atoms with Gasteiger partial charge in [-0.15, -0.1) is 0 Å². The van der Waals surface area contributed by atoms with Crippen molar-refractivity contribution >= 4 is 15.7 Å². The Morgan fingerprint density at radius 2 is 1.89 bits per heavy atom. The monoisotopic (exact) mass is 264 g/mol. The van der Waals surface area contributed by atoms with Crippen LogP contribution in [0.15, 0.2) is 35.5 Å². The summed E-state index contributed by atoms with van der Waals surface area (Å²) in [4.78, 5) is 12.1. The smallest absolute Gasteiger partial charge is 0.181 e. The summed E-state index contributed by atoms with van der Waals surface area (Å²) in [6.45, 7) is 1.56. The molecule has 18 heavy (non-hydrogen) atoms. The van der Waals surface area contributed by atoms with Crippen LogP contribution in [0.3, 0.4) is 0 Å². The largest absolute Gasteiger partial charge is 0.383 e. The molecule has 2 aromatic rings. The molecule has 0 unspecified atom stereocenters. The number of nitrogens with two attached hydrogens (primary N) is 1. The number of sulfone groups is 1. The predicted molar refractivity (Wildman–Crippen MR) is 67.4 cm³/mol. The van der Waals surface area contributed by atoms with E-state index in [0.29, 0.717) is 11.5 Å². The van der Waals surface area contributed by atoms with E-state index < -0.39 is 9.84 Å². The Kier molecular flexibility index (Phi) is 3.24. The van der Waals surface area contributed by atoms with E-state index in [9.17, 15) is 8.42 Å². The Labute approximate surface area is 105 Å². The van der Waals surface area contributed by atoms with Gasteiger partial charge in [0.25, 0.3) is 0 Å². The van der Waals surface area contributed by atoms with Crippen molar-refractivity contribution in [2.75, 3.05) is 11.5 Å². The number of aromatic nitrogens is 3. The van der Waals surface area contributed by atoms with E-state index in [1.807, 2.05) is 0 Å². The second-order valence-corrected chi connectivity index (χ2v) is 5.80. The molecule has 0 aromatic carbocycles. The van der Waals surface area contributed by atoms with Crippen LogP contribution in [0.5, 0.6) is 0 Å². The molecule has 0 aliphatic carbocycles. The third kappa shape index (κ3) is 2.30. The zero-order valence-electron chi connectivity index (χ0n) is 9.74. The van der Waals surface area contributed by atoms with Crippen molar-refractivity contribution in [3.05, 3.63) is 30.6 Å². The van der Waals surface area contributed by atoms with Gasteiger partial charge in [-0.2, -0.15) is 0 Å². The van der Waals surface area contributed by atoms with E-state index in [2.05, 4.69) is 15.0 Å². The van der Waals surface area contributed by atoms with Crippen molar-refractivity contribution in [1.29, 1.82) is 0 Å². The average molecular weight is 264 g/mol. The average Bonchev–Trinajstić information content (AvgIpc) is 2.39. The molecule has 0 saturated heterocycles. The third-order valence-electron chi connectivity index (χ3n) is 2.40. The fourth-order valence-corrected chi connectivity index (χ4v) is 2.39. The lowest BCUT2D eigenvalue weighted by molar-refractivity contribution is 0.597. The second kappa shape index (κ2) is 4.69. The predicted octanol–water partition coefficient (Wildman–Crippen LogP) is 0.914. The van der Waals surface area contributed by atoms with Crippen molar-refractivity contribution in [3.63, 3.8) is 0 Å². The molecule has 0 fully saturated rings. The Balaban J connectivity index is 2.50. The van der Waals surface area contributed by atoms with Gasteiger partial charge in [0.15, 0.2) is 15.7 Å². The maximum absolute atomic E-state index is 11.7. The SMILES string of the molecule is CCS(=O)(=O)c1ccc(-c2ncccn2)nc1N. The van der Waals surface area contributed by atoms with Gasteiger partial charge in [-0.1, -0.05) is 6.92 Å². The summed E-state index contributed by atoms with van der Waals surface area (Å²) >= 11 is 0. The standard InChI is InChI=1S/C11H12N4O2S/c1-2-18(16,17)9-5-4-8(15-10(9)12)11-13-6-3-7-14-11/h3-7H,2H2,1H3,(H2,12,15). The number of nitrogens with zero attached hydrogens (tertiary/aromatic N) is 3. The van der Waals surface area contributed by atoms with Crippen LogP contribution in [0, 0.1) is 0 Å². The lowest BCUT2D eigenvalue weighted by atomic mass is 10.3. The number of hydrogen-bond acceptors (Lipinski definition) is 6. The molecule has 2 N–H and O–H groups in total. The molecule has 0 radical (unpaired) electrons. The number of rotatable bonds is 3. The van der Waals surface area contributed by atoms with Gasteiger partial charge < -0.3 is 5.73 Å². The molecule has 6 nitrogen and oxygen atoms in total. The van der Waals surface area contributed by atoms with Gasteiger partial charge in [0, 0.05) is 12.4 Å². The Bertz CT molecular complexity index is 656. The van der Waals surface area contributed by atoms with Crippen LogP contribution in [0.1, 0.15) is 6.92 Å². The molecule has 0 saturated carbocycles. The van der Waals surface area contributed by atoms with Crippen molar-refractivity contribution < 1.29 is 8.42 Å². The van der Waals surface area contributed by atoms with E-state index in [1.54, 1.807) is 31.5 Å². The summed E-state index contributed by atoms with van der Waals surface area (Å²) < 4.78 is 23.4. The highest BCUT2D eigenvalue weighted by atomic mass is 32.2. The fourth-order valence-electron chi connectivity index (χ4n) is 1.44. The van der Waals surface area contributed by atoms with Crippen LogP contribution >= 0.6 is 0 Å². The van der Waals surface area contributed by atoms with E-state index in [1.165, 1.54) is 6.07 Å². The lowest BCUT2D eigenvalue weighted by Gasteiger charge is -2.06. The summed E-state index contributed by atoms with van der Waals surface area (Å²) in [5.74, 6) is 0.367. The first kappa shape index (κ1) is 12.4. The third-order valence-corrected chi connectivity index (χ3v) is 4.17. The molecule has 94 valence electrons. The molecule has 2 aromatic heterocycles. The molecule has 0 aliphatic rings. The topological polar surface area (TPSA) is 98.8 Å². The quantitative estimate of drug-likeness (QED) is 0.884. The molecule has 0 aliphatic heterocycles. The molecule has 7 heteroatoms. The summed E-state index contributed by atoms with van der Waals surface area (Å²) in [5, 5.41) is 0. The van der Waals surface area contributed by atoms with Gasteiger partial charge in [-0.25, -0.2) is 23.4 Å². The summed E-state index contributed by atoms with van der Waals surface area (Å²) in [7, 11) is -3.36. The first-order valence-corrected chi connectivity index (χ1v) is 6.96. The first-order valence-electron chi connectivity index (χ1n) is 5.31. The number of pyridine rings is 1. The van der Waals surface area contributed by atoms with Crippen LogP contribution in [-0.2, 0) is 9.84 Å². The van der Waals surface area contributed by atoms with E-state index in [-0.39, 0.29) is 16.5 Å². The summed E-state index contributed by atoms with van der Waals surface area (Å²) in [6.07, 6.45) is 3.16. The molecule has 2 rings (SSSR count). The minimum absolute atomic E-state index is 0.0138. The highest BCUT2D eigenvalue weighted by Gasteiger charge is 2.17. The highest BCUT2D eigenvalue weighted by molar-refractivity contribution is 7.91. The zero-order valence-corrected chi connectivity index (χ0v) is 10.6. The van der Waals surface area contributed by atoms with Crippen LogP contribution in [0.2, 0.25) is 0 Å². The van der Waals surface area contributed by atoms with Crippen molar-refractivity contribution in [2.45, 2.75) is 11.8 Å². The van der Waals surface area contributed by atoms with Gasteiger partial charge in [-0.05, 0) is 18.2 Å². The van der Waals surface area contributed by atoms with Crippen LogP contribution in [0.25, 0.3) is 11.5 Å². The van der Waals surface area contributed by atoms with Gasteiger partial charge in [0.05, 0.1) is 5.75 Å². The Morgan fingerprint density at radius 1 is 1.22 bits per heavy atom. The molecule has 0 amide bonds. The van der Waals surface area contributed by atoms with Gasteiger partial charge >= 0.3 is 0 Å². The van der Waals surface area contributed by atoms with Crippen molar-refractivity contribution in [1.82, 2.24) is 15.0 Å². The first-order chi connectivity index (χ1) is 8.54. The van der Waals surface area contributed by atoms with Gasteiger partial charge in [0.1, 0.15) is 16.4 Å². The van der Waals surface area contributed by atoms with Gasteiger partial charge in [0.2, 0.25) is 0 Å². The molecular weight excluding hydrogens is 252 g/mol. The van der Waals surface area contributed by atoms with Crippen molar-refractivity contribution in [2.24, 2.45) is 0 Å². The maximum atomic E-state index is 11.7. The second-order valence-electron chi connectivity index (χ2n) is 3.56. The number of hydrogen-bond donors (Lipinski definition) is 1. The molecule has 0 bridgehead atoms. The molecule has 0 atom stereocenters. The zero-order chi connectivity index (χ0) is 13.2. The molecule has 0 spiro atoms. The minimum Gasteiger partial charge on any atom is -0.383 e. The van der Waals surface area contributed by atoms with Crippen LogP contribution in [0.4, 0.5) is 5.82 Å². The lowest BCUT2D eigenvalue weighted by Crippen LogP contribution is -2.09. The van der Waals surface area contributed by atoms with E-state index >= 15 is 0 Å². The molecular formula is C11H12N4O2S. The highest BCUT2D eigenvalue weighted by Crippen LogP contribution is 2.21. The van der Waals surface area contributed by atoms with Crippen molar-refractivity contribution in [3.8, 4) is 11.5 Å². The fraction of sp³-hybridized carbons (Fsp3) is 0.182. The van der Waals surface area contributed by atoms with E-state index in [0.717, 1.165) is 0 Å².